The van der Waals surface area contributed by atoms with Gasteiger partial charge in [0.2, 0.25) is 0 Å². The van der Waals surface area contributed by atoms with Crippen LogP contribution in [0.15, 0.2) is 10.4 Å². The highest BCUT2D eigenvalue weighted by Gasteiger charge is 2.33. The Hall–Kier alpha value is -1.32. The number of ether oxygens (including phenoxy) is 2. The smallest absolute Gasteiger partial charge is 0.324 e. The van der Waals surface area contributed by atoms with Gasteiger partial charge in [-0.05, 0) is 25.7 Å². The van der Waals surface area contributed by atoms with Crippen LogP contribution in [-0.2, 0) is 14.3 Å². The number of anilines is 1. The number of hydrogen-bond donors (Lipinski definition) is 1. The second-order valence-corrected chi connectivity index (χ2v) is 9.13. The zero-order valence-electron chi connectivity index (χ0n) is 15.6. The minimum Gasteiger partial charge on any atom is -0.468 e. The molecule has 7 nitrogen and oxygen atoms in total. The molecule has 1 aromatic rings. The lowest BCUT2D eigenvalue weighted by atomic mass is 9.92. The first-order chi connectivity index (χ1) is 13.2. The first-order valence-corrected chi connectivity index (χ1v) is 11.3. The summed E-state index contributed by atoms with van der Waals surface area (Å²) in [7, 11) is 1.37. The van der Waals surface area contributed by atoms with Gasteiger partial charge in [-0.25, -0.2) is 9.78 Å². The summed E-state index contributed by atoms with van der Waals surface area (Å²) in [5.74, 6) is -0.0375. The maximum Gasteiger partial charge on any atom is 0.324 e. The monoisotopic (exact) mass is 413 g/mol. The molecule has 1 aromatic heterocycles. The molecule has 0 spiro atoms. The number of thiazole rings is 1. The van der Waals surface area contributed by atoms with E-state index in [1.165, 1.54) is 49.5 Å². The maximum absolute atomic E-state index is 13.1. The van der Waals surface area contributed by atoms with E-state index in [2.05, 4.69) is 19.9 Å². The van der Waals surface area contributed by atoms with E-state index in [9.17, 15) is 9.59 Å². The van der Waals surface area contributed by atoms with Gasteiger partial charge in [0.05, 0.1) is 23.3 Å². The summed E-state index contributed by atoms with van der Waals surface area (Å²) >= 11 is 2.75. The first kappa shape index (κ1) is 20.4. The van der Waals surface area contributed by atoms with Gasteiger partial charge in [-0.15, -0.1) is 11.8 Å². The molecule has 9 heteroatoms. The van der Waals surface area contributed by atoms with Crippen molar-refractivity contribution in [3.63, 3.8) is 0 Å². The Balaban J connectivity index is 1.63. The van der Waals surface area contributed by atoms with E-state index in [4.69, 9.17) is 4.74 Å². The molecule has 1 saturated heterocycles. The van der Waals surface area contributed by atoms with Crippen LogP contribution in [-0.4, -0.2) is 60.0 Å². The molecule has 3 rings (SSSR count). The van der Waals surface area contributed by atoms with Gasteiger partial charge in [0.25, 0.3) is 0 Å². The number of esters is 1. The van der Waals surface area contributed by atoms with Crippen molar-refractivity contribution in [2.45, 2.75) is 61.2 Å². The fraction of sp³-hybridized carbons (Fsp3) is 0.722. The normalized spacial score (nSPS) is 18.9. The van der Waals surface area contributed by atoms with Gasteiger partial charge in [0, 0.05) is 25.3 Å². The van der Waals surface area contributed by atoms with Crippen LogP contribution >= 0.6 is 23.1 Å². The van der Waals surface area contributed by atoms with E-state index < -0.39 is 0 Å². The number of carbonyl (C=O) groups excluding carboxylic acids is 2. The van der Waals surface area contributed by atoms with Crippen LogP contribution in [0.1, 0.15) is 44.9 Å². The Morgan fingerprint density at radius 3 is 2.67 bits per heavy atom. The van der Waals surface area contributed by atoms with Crippen molar-refractivity contribution in [1.29, 1.82) is 0 Å². The van der Waals surface area contributed by atoms with Crippen molar-refractivity contribution in [2.24, 2.45) is 0 Å². The van der Waals surface area contributed by atoms with Gasteiger partial charge in [-0.3, -0.25) is 10.1 Å². The average molecular weight is 414 g/mol. The number of thioether (sulfide) groups is 1. The van der Waals surface area contributed by atoms with Gasteiger partial charge in [-0.2, -0.15) is 0 Å². The molecule has 150 valence electrons. The Kier molecular flexibility index (Phi) is 7.78. The second kappa shape index (κ2) is 10.3. The lowest BCUT2D eigenvalue weighted by Gasteiger charge is -2.41. The van der Waals surface area contributed by atoms with Crippen molar-refractivity contribution in [3.8, 4) is 0 Å². The summed E-state index contributed by atoms with van der Waals surface area (Å²) in [6, 6.07) is 0.470. The standard InChI is InChI=1S/C18H27N3O4S2/c1-24-15(22)12-26-16-11-19-17(27-16)20-18(23)21(13-5-3-2-4-6-13)14-7-9-25-10-8-14/h11,13-14H,2-10,12H2,1H3,(H,19,20,23). The van der Waals surface area contributed by atoms with E-state index in [1.807, 2.05) is 0 Å². The molecule has 2 heterocycles. The molecule has 0 atom stereocenters. The second-order valence-electron chi connectivity index (χ2n) is 6.82. The number of nitrogens with zero attached hydrogens (tertiary/aromatic N) is 2. The molecule has 1 aliphatic carbocycles. The lowest BCUT2D eigenvalue weighted by molar-refractivity contribution is -0.137. The third kappa shape index (κ3) is 5.83. The Morgan fingerprint density at radius 1 is 1.26 bits per heavy atom. The van der Waals surface area contributed by atoms with Gasteiger partial charge in [-0.1, -0.05) is 30.6 Å². The molecule has 0 bridgehead atoms. The number of methoxy groups -OCH3 is 1. The molecule has 0 radical (unpaired) electrons. The van der Waals surface area contributed by atoms with Crippen LogP contribution in [0.5, 0.6) is 0 Å². The van der Waals surface area contributed by atoms with Gasteiger partial charge in [0.1, 0.15) is 0 Å². The number of hydrogen-bond acceptors (Lipinski definition) is 7. The SMILES string of the molecule is COC(=O)CSc1cnc(NC(=O)N(C2CCCCC2)C2CCOCC2)s1. The fourth-order valence-electron chi connectivity index (χ4n) is 3.68. The van der Waals surface area contributed by atoms with E-state index in [0.717, 1.165) is 29.9 Å². The van der Waals surface area contributed by atoms with Crippen LogP contribution in [0, 0.1) is 0 Å². The number of rotatable bonds is 6. The molecule has 1 aliphatic heterocycles. The van der Waals surface area contributed by atoms with Crippen LogP contribution in [0.4, 0.5) is 9.93 Å². The molecular weight excluding hydrogens is 386 g/mol. The summed E-state index contributed by atoms with van der Waals surface area (Å²) in [5, 5.41) is 3.55. The molecule has 0 aromatic carbocycles. The lowest BCUT2D eigenvalue weighted by Crippen LogP contribution is -2.51. The summed E-state index contributed by atoms with van der Waals surface area (Å²) < 4.78 is 11.0. The molecule has 27 heavy (non-hydrogen) atoms. The summed E-state index contributed by atoms with van der Waals surface area (Å²) in [5.41, 5.74) is 0. The molecule has 1 N–H and O–H groups in total. The highest BCUT2D eigenvalue weighted by atomic mass is 32.2. The van der Waals surface area contributed by atoms with Crippen molar-refractivity contribution >= 4 is 40.2 Å². The number of urea groups is 1. The Labute approximate surface area is 168 Å². The van der Waals surface area contributed by atoms with Crippen LogP contribution in [0.25, 0.3) is 0 Å². The topological polar surface area (TPSA) is 80.8 Å². The van der Waals surface area contributed by atoms with Gasteiger partial charge in [0.15, 0.2) is 5.13 Å². The molecular formula is C18H27N3O4S2. The minimum absolute atomic E-state index is 0.0623. The first-order valence-electron chi connectivity index (χ1n) is 9.50. The molecule has 0 unspecified atom stereocenters. The van der Waals surface area contributed by atoms with Crippen LogP contribution in [0.2, 0.25) is 0 Å². The average Bonchev–Trinajstić information content (AvgIpc) is 3.15. The number of nitrogens with one attached hydrogen (secondary N) is 1. The van der Waals surface area contributed by atoms with E-state index >= 15 is 0 Å². The fourth-order valence-corrected chi connectivity index (χ4v) is 5.38. The molecule has 2 fully saturated rings. The van der Waals surface area contributed by atoms with Crippen molar-refractivity contribution in [1.82, 2.24) is 9.88 Å². The predicted molar refractivity (Wildman–Crippen MR) is 106 cm³/mol. The summed E-state index contributed by atoms with van der Waals surface area (Å²) in [4.78, 5) is 30.7. The molecule has 2 aliphatic rings. The third-order valence-corrected chi connectivity index (χ3v) is 7.13. The number of amides is 2. The minimum atomic E-state index is -0.276. The largest absolute Gasteiger partial charge is 0.468 e. The van der Waals surface area contributed by atoms with Crippen molar-refractivity contribution in [2.75, 3.05) is 31.4 Å². The zero-order chi connectivity index (χ0) is 19.1. The third-order valence-electron chi connectivity index (χ3n) is 5.05. The quantitative estimate of drug-likeness (QED) is 0.565. The Bertz CT molecular complexity index is 610. The molecule has 2 amide bonds. The van der Waals surface area contributed by atoms with E-state index in [0.29, 0.717) is 24.4 Å². The predicted octanol–water partition coefficient (Wildman–Crippen LogP) is 3.75. The maximum atomic E-state index is 13.1. The molecule has 1 saturated carbocycles. The number of carbonyl (C=O) groups is 2. The van der Waals surface area contributed by atoms with Crippen LogP contribution < -0.4 is 5.32 Å². The van der Waals surface area contributed by atoms with Crippen molar-refractivity contribution < 1.29 is 19.1 Å². The zero-order valence-corrected chi connectivity index (χ0v) is 17.3. The summed E-state index contributed by atoms with van der Waals surface area (Å²) in [6.45, 7) is 1.43. The Morgan fingerprint density at radius 2 is 1.96 bits per heavy atom. The van der Waals surface area contributed by atoms with E-state index in [-0.39, 0.29) is 23.8 Å². The highest BCUT2D eigenvalue weighted by Crippen LogP contribution is 2.31. The van der Waals surface area contributed by atoms with Gasteiger partial charge >= 0.3 is 12.0 Å². The summed E-state index contributed by atoms with van der Waals surface area (Å²) in [6.07, 6.45) is 9.24. The van der Waals surface area contributed by atoms with Crippen molar-refractivity contribution in [3.05, 3.63) is 6.20 Å². The number of aromatic nitrogens is 1. The highest BCUT2D eigenvalue weighted by molar-refractivity contribution is 8.01. The van der Waals surface area contributed by atoms with Gasteiger partial charge < -0.3 is 14.4 Å². The van der Waals surface area contributed by atoms with E-state index in [1.54, 1.807) is 6.20 Å². The van der Waals surface area contributed by atoms with Crippen LogP contribution in [0.3, 0.4) is 0 Å².